The van der Waals surface area contributed by atoms with E-state index in [0.717, 1.165) is 0 Å². The van der Waals surface area contributed by atoms with Crippen LogP contribution < -0.4 is 15.8 Å². The number of rotatable bonds is 2. The lowest BCUT2D eigenvalue weighted by atomic mass is 9.45. The van der Waals surface area contributed by atoms with Crippen LogP contribution in [0.2, 0.25) is 0 Å². The Morgan fingerprint density at radius 2 is 1.20 bits per heavy atom. The number of thiophene rings is 1. The fourth-order valence-electron chi connectivity index (χ4n) is 8.41. The Bertz CT molecular complexity index is 2720. The van der Waals surface area contributed by atoms with Crippen LogP contribution in [-0.4, -0.2) is 11.3 Å². The molecule has 0 amide bonds. The van der Waals surface area contributed by atoms with Crippen molar-refractivity contribution < 1.29 is 0 Å². The molecule has 0 fully saturated rings. The highest BCUT2D eigenvalue weighted by atomic mass is 32.1. The van der Waals surface area contributed by atoms with Gasteiger partial charge >= 0.3 is 6.85 Å². The molecule has 4 heterocycles. The van der Waals surface area contributed by atoms with Crippen molar-refractivity contribution in [3.8, 4) is 22.3 Å². The summed E-state index contributed by atoms with van der Waals surface area (Å²) in [5.74, 6) is 0. The summed E-state index contributed by atoms with van der Waals surface area (Å²) in [6, 6.07) is 56.3. The molecular weight excluding hydrogens is 575 g/mol. The van der Waals surface area contributed by atoms with Crippen molar-refractivity contribution in [3.63, 3.8) is 0 Å². The Kier molecular flexibility index (Phi) is 4.83. The van der Waals surface area contributed by atoms with Gasteiger partial charge in [0.2, 0.25) is 0 Å². The lowest BCUT2D eigenvalue weighted by Gasteiger charge is -2.41. The second-order valence-electron chi connectivity index (χ2n) is 12.4. The first-order valence-corrected chi connectivity index (χ1v) is 16.7. The van der Waals surface area contributed by atoms with E-state index in [1.54, 1.807) is 0 Å². The third kappa shape index (κ3) is 3.07. The molecule has 2 aromatic heterocycles. The fourth-order valence-corrected chi connectivity index (χ4v) is 9.51. The van der Waals surface area contributed by atoms with E-state index in [0.29, 0.717) is 0 Å². The van der Waals surface area contributed by atoms with Gasteiger partial charge in [-0.3, -0.25) is 0 Å². The standard InChI is InChI=1S/C42H25BN2S/c1-2-12-26(13-3-1)27-24-25-38-39(32-15-5-9-23-37(32)46-38)42(27)44-35-21-8-6-19-33(35)43-40-29(16-11-22-36(40)44)31-18-10-17-30-28-14-4-7-20-34(28)45(43)41(30)31/h1-25H. The molecule has 0 unspecified atom stereocenters. The molecule has 0 aliphatic carbocycles. The Morgan fingerprint density at radius 3 is 2.13 bits per heavy atom. The van der Waals surface area contributed by atoms with Crippen molar-refractivity contribution >= 4 is 88.2 Å². The number of anilines is 3. The van der Waals surface area contributed by atoms with Gasteiger partial charge in [-0.25, -0.2) is 0 Å². The normalized spacial score (nSPS) is 13.1. The van der Waals surface area contributed by atoms with E-state index >= 15 is 0 Å². The van der Waals surface area contributed by atoms with Gasteiger partial charge in [-0.2, -0.15) is 0 Å². The van der Waals surface area contributed by atoms with E-state index < -0.39 is 0 Å². The number of nitrogens with zero attached hydrogens (tertiary/aromatic N) is 2. The summed E-state index contributed by atoms with van der Waals surface area (Å²) in [5, 5.41) is 5.26. The summed E-state index contributed by atoms with van der Waals surface area (Å²) < 4.78 is 5.25. The van der Waals surface area contributed by atoms with Crippen molar-refractivity contribution in [3.05, 3.63) is 152 Å². The van der Waals surface area contributed by atoms with Gasteiger partial charge < -0.3 is 9.38 Å². The minimum absolute atomic E-state index is 0.0644. The van der Waals surface area contributed by atoms with E-state index in [1.807, 2.05) is 11.3 Å². The molecule has 2 nitrogen and oxygen atoms in total. The first kappa shape index (κ1) is 24.7. The zero-order valence-corrected chi connectivity index (χ0v) is 25.6. The molecule has 0 saturated heterocycles. The average molecular weight is 601 g/mol. The molecule has 0 bridgehead atoms. The maximum Gasteiger partial charge on any atom is 0.333 e. The van der Waals surface area contributed by atoms with Crippen LogP contribution in [0.3, 0.4) is 0 Å². The summed E-state index contributed by atoms with van der Waals surface area (Å²) in [6.07, 6.45) is 0. The molecule has 0 spiro atoms. The quantitative estimate of drug-likeness (QED) is 0.179. The van der Waals surface area contributed by atoms with E-state index in [9.17, 15) is 0 Å². The van der Waals surface area contributed by atoms with Crippen LogP contribution in [0.15, 0.2) is 152 Å². The number of fused-ring (bicyclic) bond motifs is 10. The third-order valence-corrected chi connectivity index (χ3v) is 11.3. The molecule has 46 heavy (non-hydrogen) atoms. The number of benzene rings is 7. The van der Waals surface area contributed by atoms with E-state index in [4.69, 9.17) is 0 Å². The molecular formula is C42H25BN2S. The molecule has 0 radical (unpaired) electrons. The summed E-state index contributed by atoms with van der Waals surface area (Å²) in [7, 11) is 0. The van der Waals surface area contributed by atoms with Gasteiger partial charge in [0.05, 0.1) is 5.69 Å². The van der Waals surface area contributed by atoms with Crippen LogP contribution in [0.4, 0.5) is 17.1 Å². The second kappa shape index (κ2) is 9.00. The van der Waals surface area contributed by atoms with Gasteiger partial charge in [0, 0.05) is 64.5 Å². The highest BCUT2D eigenvalue weighted by Gasteiger charge is 2.43. The molecule has 4 heteroatoms. The van der Waals surface area contributed by atoms with Gasteiger partial charge in [0.1, 0.15) is 0 Å². The lowest BCUT2D eigenvalue weighted by molar-refractivity contribution is 1.26. The predicted octanol–water partition coefficient (Wildman–Crippen LogP) is 10.2. The summed E-state index contributed by atoms with van der Waals surface area (Å²) in [6.45, 7) is 0.0644. The second-order valence-corrected chi connectivity index (χ2v) is 13.5. The molecule has 0 saturated carbocycles. The Labute approximate surface area is 270 Å². The smallest absolute Gasteiger partial charge is 0.333 e. The summed E-state index contributed by atoms with van der Waals surface area (Å²) in [5.41, 5.74) is 14.2. The Morgan fingerprint density at radius 1 is 0.478 bits per heavy atom. The van der Waals surface area contributed by atoms with Crippen LogP contribution in [0.1, 0.15) is 0 Å². The highest BCUT2D eigenvalue weighted by molar-refractivity contribution is 7.26. The van der Waals surface area contributed by atoms with Crippen LogP contribution in [0.5, 0.6) is 0 Å². The van der Waals surface area contributed by atoms with Gasteiger partial charge in [-0.05, 0) is 52.4 Å². The predicted molar refractivity (Wildman–Crippen MR) is 198 cm³/mol. The van der Waals surface area contributed by atoms with E-state index in [1.165, 1.54) is 92.2 Å². The third-order valence-electron chi connectivity index (χ3n) is 10.2. The molecule has 2 aliphatic heterocycles. The van der Waals surface area contributed by atoms with Crippen LogP contribution in [0.25, 0.3) is 64.2 Å². The van der Waals surface area contributed by atoms with E-state index in [-0.39, 0.29) is 6.85 Å². The molecule has 2 aliphatic rings. The number of aromatic nitrogens is 1. The van der Waals surface area contributed by atoms with E-state index in [2.05, 4.69) is 161 Å². The monoisotopic (exact) mass is 600 g/mol. The molecule has 0 N–H and O–H groups in total. The molecule has 11 rings (SSSR count). The van der Waals surface area contributed by atoms with Crippen molar-refractivity contribution in [2.45, 2.75) is 0 Å². The van der Waals surface area contributed by atoms with Gasteiger partial charge in [-0.15, -0.1) is 11.3 Å². The zero-order chi connectivity index (χ0) is 29.9. The van der Waals surface area contributed by atoms with Crippen molar-refractivity contribution in [1.29, 1.82) is 0 Å². The van der Waals surface area contributed by atoms with Crippen LogP contribution in [-0.2, 0) is 0 Å². The average Bonchev–Trinajstić information content (AvgIpc) is 3.67. The van der Waals surface area contributed by atoms with Gasteiger partial charge in [-0.1, -0.05) is 121 Å². The molecule has 7 aromatic carbocycles. The molecule has 212 valence electrons. The highest BCUT2D eigenvalue weighted by Crippen LogP contribution is 2.51. The SMILES string of the molecule is c1ccc(-c2ccc3sc4ccccc4c3c2N2c3ccccc3B3c4c(cccc42)-c2cccc4c5ccccc5n3c24)cc1. The summed E-state index contributed by atoms with van der Waals surface area (Å²) in [4.78, 5) is 2.59. The van der Waals surface area contributed by atoms with Gasteiger partial charge in [0.25, 0.3) is 0 Å². The molecule has 0 atom stereocenters. The maximum absolute atomic E-state index is 2.63. The molecule has 9 aromatic rings. The zero-order valence-electron chi connectivity index (χ0n) is 24.8. The first-order valence-electron chi connectivity index (χ1n) is 15.9. The lowest BCUT2D eigenvalue weighted by Crippen LogP contribution is -2.56. The topological polar surface area (TPSA) is 8.17 Å². The van der Waals surface area contributed by atoms with Crippen molar-refractivity contribution in [2.24, 2.45) is 0 Å². The van der Waals surface area contributed by atoms with Crippen molar-refractivity contribution in [2.75, 3.05) is 4.90 Å². The minimum atomic E-state index is 0.0644. The minimum Gasteiger partial charge on any atom is -0.375 e. The Hall–Kier alpha value is -5.58. The van der Waals surface area contributed by atoms with Crippen molar-refractivity contribution in [1.82, 2.24) is 4.48 Å². The largest absolute Gasteiger partial charge is 0.375 e. The van der Waals surface area contributed by atoms with Gasteiger partial charge in [0.15, 0.2) is 0 Å². The Balaban J connectivity index is 1.32. The van der Waals surface area contributed by atoms with Crippen LogP contribution >= 0.6 is 11.3 Å². The number of hydrogen-bond acceptors (Lipinski definition) is 2. The number of para-hydroxylation sites is 3. The first-order chi connectivity index (χ1) is 22.9. The maximum atomic E-state index is 2.63. The van der Waals surface area contributed by atoms with Crippen LogP contribution in [0, 0.1) is 0 Å². The fraction of sp³-hybridized carbons (Fsp3) is 0. The number of hydrogen-bond donors (Lipinski definition) is 0. The summed E-state index contributed by atoms with van der Waals surface area (Å²) >= 11 is 1.88.